The van der Waals surface area contributed by atoms with Gasteiger partial charge in [0.15, 0.2) is 0 Å². The first kappa shape index (κ1) is 16.5. The van der Waals surface area contributed by atoms with E-state index in [1.54, 1.807) is 12.1 Å². The Morgan fingerprint density at radius 3 is 2.33 bits per heavy atom. The first-order valence-electron chi connectivity index (χ1n) is 7.79. The normalized spacial score (nSPS) is 11.5. The molecule has 0 fully saturated rings. The van der Waals surface area contributed by atoms with Crippen LogP contribution in [0.1, 0.15) is 12.5 Å². The third-order valence-corrected chi connectivity index (χ3v) is 5.13. The number of hydrogen-bond acceptors (Lipinski definition) is 3. The minimum atomic E-state index is -3.55. The second-order valence-corrected chi connectivity index (χ2v) is 7.18. The molecule has 0 radical (unpaired) electrons. The number of benzene rings is 3. The van der Waals surface area contributed by atoms with Crippen LogP contribution in [0, 0.1) is 0 Å². The van der Waals surface area contributed by atoms with Crippen molar-refractivity contribution in [2.45, 2.75) is 18.4 Å². The number of ether oxygens (including phenoxy) is 1. The number of nitrogens with one attached hydrogen (secondary N) is 1. The van der Waals surface area contributed by atoms with Crippen LogP contribution in [0.4, 0.5) is 0 Å². The average molecular weight is 341 g/mol. The second-order valence-electron chi connectivity index (χ2n) is 5.41. The van der Waals surface area contributed by atoms with E-state index in [2.05, 4.69) is 4.72 Å². The van der Waals surface area contributed by atoms with Crippen molar-refractivity contribution < 1.29 is 13.2 Å². The Kier molecular flexibility index (Phi) is 4.83. The molecule has 5 heteroatoms. The summed E-state index contributed by atoms with van der Waals surface area (Å²) in [5.41, 5.74) is 0.878. The Labute approximate surface area is 142 Å². The third-order valence-electron chi connectivity index (χ3n) is 3.73. The van der Waals surface area contributed by atoms with Crippen molar-refractivity contribution in [2.24, 2.45) is 0 Å². The summed E-state index contributed by atoms with van der Waals surface area (Å²) in [6.07, 6.45) is 0. The average Bonchev–Trinajstić information content (AvgIpc) is 2.61. The van der Waals surface area contributed by atoms with Gasteiger partial charge in [0.1, 0.15) is 5.75 Å². The van der Waals surface area contributed by atoms with E-state index in [4.69, 9.17) is 4.74 Å². The highest BCUT2D eigenvalue weighted by Gasteiger charge is 2.14. The fraction of sp³-hybridized carbons (Fsp3) is 0.158. The molecule has 4 nitrogen and oxygen atoms in total. The van der Waals surface area contributed by atoms with E-state index in [1.807, 2.05) is 61.5 Å². The van der Waals surface area contributed by atoms with Gasteiger partial charge in [-0.05, 0) is 47.5 Å². The molecule has 0 heterocycles. The lowest BCUT2D eigenvalue weighted by Crippen LogP contribution is -2.23. The van der Waals surface area contributed by atoms with Gasteiger partial charge < -0.3 is 4.74 Å². The molecule has 0 atom stereocenters. The fourth-order valence-corrected chi connectivity index (χ4v) is 3.52. The van der Waals surface area contributed by atoms with Crippen LogP contribution in [0.5, 0.6) is 5.75 Å². The lowest BCUT2D eigenvalue weighted by molar-refractivity contribution is 0.340. The summed E-state index contributed by atoms with van der Waals surface area (Å²) in [5.74, 6) is 0.777. The van der Waals surface area contributed by atoms with Crippen LogP contribution in [0.3, 0.4) is 0 Å². The molecule has 3 aromatic rings. The van der Waals surface area contributed by atoms with Crippen molar-refractivity contribution in [1.29, 1.82) is 0 Å². The van der Waals surface area contributed by atoms with E-state index in [0.717, 1.165) is 22.1 Å². The summed E-state index contributed by atoms with van der Waals surface area (Å²) in [7, 11) is -3.55. The van der Waals surface area contributed by atoms with Crippen molar-refractivity contribution in [3.8, 4) is 5.75 Å². The smallest absolute Gasteiger partial charge is 0.240 e. The molecule has 0 aliphatic carbocycles. The van der Waals surface area contributed by atoms with Gasteiger partial charge in [0.25, 0.3) is 0 Å². The van der Waals surface area contributed by atoms with Gasteiger partial charge in [-0.15, -0.1) is 0 Å². The lowest BCUT2D eigenvalue weighted by atomic mass is 10.1. The maximum Gasteiger partial charge on any atom is 0.240 e. The summed E-state index contributed by atoms with van der Waals surface area (Å²) < 4.78 is 33.0. The van der Waals surface area contributed by atoms with E-state index < -0.39 is 10.0 Å². The highest BCUT2D eigenvalue weighted by atomic mass is 32.2. The zero-order valence-electron chi connectivity index (χ0n) is 13.4. The molecule has 0 aliphatic heterocycles. The van der Waals surface area contributed by atoms with Gasteiger partial charge in [0.05, 0.1) is 11.5 Å². The molecular weight excluding hydrogens is 322 g/mol. The zero-order valence-corrected chi connectivity index (χ0v) is 14.2. The van der Waals surface area contributed by atoms with Crippen molar-refractivity contribution in [3.63, 3.8) is 0 Å². The van der Waals surface area contributed by atoms with Crippen LogP contribution >= 0.6 is 0 Å². The number of sulfonamides is 1. The Balaban J connectivity index is 1.74. The third kappa shape index (κ3) is 3.75. The largest absolute Gasteiger partial charge is 0.494 e. The molecule has 0 amide bonds. The van der Waals surface area contributed by atoms with Crippen LogP contribution in [0.2, 0.25) is 0 Å². The van der Waals surface area contributed by atoms with Crippen molar-refractivity contribution >= 4 is 20.8 Å². The summed E-state index contributed by atoms with van der Waals surface area (Å²) >= 11 is 0. The molecule has 0 unspecified atom stereocenters. The minimum absolute atomic E-state index is 0.238. The monoisotopic (exact) mass is 341 g/mol. The Morgan fingerprint density at radius 1 is 0.917 bits per heavy atom. The number of rotatable bonds is 6. The zero-order chi connectivity index (χ0) is 17.0. The molecule has 0 bridgehead atoms. The maximum absolute atomic E-state index is 12.5. The molecule has 0 spiro atoms. The van der Waals surface area contributed by atoms with Crippen LogP contribution in [-0.4, -0.2) is 15.0 Å². The van der Waals surface area contributed by atoms with E-state index in [9.17, 15) is 8.42 Å². The topological polar surface area (TPSA) is 55.4 Å². The van der Waals surface area contributed by atoms with Gasteiger partial charge in [-0.25, -0.2) is 13.1 Å². The Hall–Kier alpha value is -2.37. The van der Waals surface area contributed by atoms with E-state index >= 15 is 0 Å². The lowest BCUT2D eigenvalue weighted by Gasteiger charge is -2.09. The van der Waals surface area contributed by atoms with Crippen molar-refractivity contribution in [1.82, 2.24) is 4.72 Å². The van der Waals surface area contributed by atoms with E-state index in [0.29, 0.717) is 6.61 Å². The van der Waals surface area contributed by atoms with Gasteiger partial charge in [-0.1, -0.05) is 42.5 Å². The molecule has 24 heavy (non-hydrogen) atoms. The number of fused-ring (bicyclic) bond motifs is 1. The molecular formula is C19H19NO3S. The summed E-state index contributed by atoms with van der Waals surface area (Å²) in [6, 6.07) is 20.2. The predicted molar refractivity (Wildman–Crippen MR) is 95.6 cm³/mol. The molecule has 3 aromatic carbocycles. The molecule has 0 aliphatic rings. The fourth-order valence-electron chi connectivity index (χ4n) is 2.47. The predicted octanol–water partition coefficient (Wildman–Crippen LogP) is 3.72. The van der Waals surface area contributed by atoms with E-state index in [-0.39, 0.29) is 11.4 Å². The molecule has 1 N–H and O–H groups in total. The van der Waals surface area contributed by atoms with Crippen molar-refractivity contribution in [2.75, 3.05) is 6.61 Å². The van der Waals surface area contributed by atoms with Crippen molar-refractivity contribution in [3.05, 3.63) is 72.3 Å². The Morgan fingerprint density at radius 2 is 1.62 bits per heavy atom. The quantitative estimate of drug-likeness (QED) is 0.743. The Bertz CT molecular complexity index is 934. The highest BCUT2D eigenvalue weighted by molar-refractivity contribution is 7.89. The summed E-state index contributed by atoms with van der Waals surface area (Å²) in [6.45, 7) is 2.76. The van der Waals surface area contributed by atoms with Crippen LogP contribution in [-0.2, 0) is 16.6 Å². The number of hydrogen-bond donors (Lipinski definition) is 1. The van der Waals surface area contributed by atoms with E-state index in [1.165, 1.54) is 0 Å². The standard InChI is InChI=1S/C19H19NO3S/c1-2-23-18-10-7-15(8-11-18)14-20-24(21,22)19-12-9-16-5-3-4-6-17(16)13-19/h3-13,20H,2,14H2,1H3. The second kappa shape index (κ2) is 7.03. The molecule has 0 aromatic heterocycles. The van der Waals surface area contributed by atoms with Gasteiger partial charge in [-0.2, -0.15) is 0 Å². The highest BCUT2D eigenvalue weighted by Crippen LogP contribution is 2.19. The first-order chi connectivity index (χ1) is 11.6. The van der Waals surface area contributed by atoms with Gasteiger partial charge in [0, 0.05) is 6.54 Å². The molecule has 0 saturated carbocycles. The maximum atomic E-state index is 12.5. The SMILES string of the molecule is CCOc1ccc(CNS(=O)(=O)c2ccc3ccccc3c2)cc1. The van der Waals surface area contributed by atoms with Gasteiger partial charge in [-0.3, -0.25) is 0 Å². The summed E-state index contributed by atoms with van der Waals surface area (Å²) in [4.78, 5) is 0.270. The van der Waals surface area contributed by atoms with Gasteiger partial charge >= 0.3 is 0 Å². The summed E-state index contributed by atoms with van der Waals surface area (Å²) in [5, 5.41) is 1.92. The molecule has 124 valence electrons. The van der Waals surface area contributed by atoms with Crippen LogP contribution in [0.15, 0.2) is 71.6 Å². The molecule has 0 saturated heterocycles. The first-order valence-corrected chi connectivity index (χ1v) is 9.27. The van der Waals surface area contributed by atoms with Crippen LogP contribution < -0.4 is 9.46 Å². The van der Waals surface area contributed by atoms with Gasteiger partial charge in [0.2, 0.25) is 10.0 Å². The minimum Gasteiger partial charge on any atom is -0.494 e. The molecule has 3 rings (SSSR count). The van der Waals surface area contributed by atoms with Crippen LogP contribution in [0.25, 0.3) is 10.8 Å².